The standard InChI is InChI=1S/C24H24ClN3O5/c1-17-14-19(6-8-22(17)28(30)31)32-16-20-7-9-23(33-20)24(29)27-12-10-26(11-13-27)15-18-4-2-3-5-21(18)25/h2-9,14H,10-13,15-16H2,1H3. The van der Waals surface area contributed by atoms with E-state index in [1.54, 1.807) is 36.1 Å². The molecule has 8 nitrogen and oxygen atoms in total. The van der Waals surface area contributed by atoms with Crippen molar-refractivity contribution in [3.05, 3.63) is 92.4 Å². The molecule has 0 bridgehead atoms. The van der Waals surface area contributed by atoms with E-state index in [2.05, 4.69) is 4.90 Å². The van der Waals surface area contributed by atoms with Crippen molar-refractivity contribution in [2.24, 2.45) is 0 Å². The second-order valence-electron chi connectivity index (χ2n) is 7.92. The SMILES string of the molecule is Cc1cc(OCc2ccc(C(=O)N3CCN(Cc4ccccc4Cl)CC3)o2)ccc1[N+](=O)[O-]. The summed E-state index contributed by atoms with van der Waals surface area (Å²) in [6, 6.07) is 15.7. The van der Waals surface area contributed by atoms with Gasteiger partial charge in [0, 0.05) is 49.4 Å². The van der Waals surface area contributed by atoms with Crippen molar-refractivity contribution < 1.29 is 18.9 Å². The highest BCUT2D eigenvalue weighted by Gasteiger charge is 2.24. The Hall–Kier alpha value is -3.36. The van der Waals surface area contributed by atoms with Gasteiger partial charge in [-0.25, -0.2) is 0 Å². The molecule has 0 aliphatic carbocycles. The van der Waals surface area contributed by atoms with Crippen molar-refractivity contribution in [3.8, 4) is 5.75 Å². The van der Waals surface area contributed by atoms with Gasteiger partial charge in [0.25, 0.3) is 11.6 Å². The molecule has 1 aliphatic heterocycles. The van der Waals surface area contributed by atoms with Crippen LogP contribution in [0, 0.1) is 17.0 Å². The molecule has 1 fully saturated rings. The smallest absolute Gasteiger partial charge is 0.289 e. The molecule has 3 aromatic rings. The normalized spacial score (nSPS) is 14.3. The largest absolute Gasteiger partial charge is 0.486 e. The highest BCUT2D eigenvalue weighted by molar-refractivity contribution is 6.31. The summed E-state index contributed by atoms with van der Waals surface area (Å²) in [6.07, 6.45) is 0. The van der Waals surface area contributed by atoms with E-state index in [1.165, 1.54) is 6.07 Å². The number of hydrogen-bond acceptors (Lipinski definition) is 6. The third kappa shape index (κ3) is 5.53. The molecule has 0 saturated carbocycles. The zero-order valence-corrected chi connectivity index (χ0v) is 19.0. The fourth-order valence-electron chi connectivity index (χ4n) is 3.78. The van der Waals surface area contributed by atoms with E-state index in [-0.39, 0.29) is 24.0 Å². The van der Waals surface area contributed by atoms with Crippen LogP contribution in [0.2, 0.25) is 5.02 Å². The molecular weight excluding hydrogens is 446 g/mol. The second kappa shape index (κ2) is 10.1. The summed E-state index contributed by atoms with van der Waals surface area (Å²) in [7, 11) is 0. The Morgan fingerprint density at radius 1 is 1.12 bits per heavy atom. The second-order valence-corrected chi connectivity index (χ2v) is 8.33. The van der Waals surface area contributed by atoms with Gasteiger partial charge in [-0.3, -0.25) is 19.8 Å². The van der Waals surface area contributed by atoms with Gasteiger partial charge in [-0.1, -0.05) is 29.8 Å². The van der Waals surface area contributed by atoms with Crippen LogP contribution >= 0.6 is 11.6 Å². The van der Waals surface area contributed by atoms with Crippen LogP contribution in [-0.2, 0) is 13.2 Å². The molecule has 4 rings (SSSR count). The molecule has 9 heteroatoms. The van der Waals surface area contributed by atoms with Crippen molar-refractivity contribution >= 4 is 23.2 Å². The monoisotopic (exact) mass is 469 g/mol. The average molecular weight is 470 g/mol. The zero-order valence-electron chi connectivity index (χ0n) is 18.2. The predicted octanol–water partition coefficient (Wildman–Crippen LogP) is 4.69. The quantitative estimate of drug-likeness (QED) is 0.368. The molecule has 1 saturated heterocycles. The van der Waals surface area contributed by atoms with Gasteiger partial charge < -0.3 is 14.1 Å². The summed E-state index contributed by atoms with van der Waals surface area (Å²) in [5, 5.41) is 11.7. The van der Waals surface area contributed by atoms with Gasteiger partial charge >= 0.3 is 0 Å². The van der Waals surface area contributed by atoms with E-state index in [9.17, 15) is 14.9 Å². The number of aryl methyl sites for hydroxylation is 1. The fraction of sp³-hybridized carbons (Fsp3) is 0.292. The Morgan fingerprint density at radius 2 is 1.88 bits per heavy atom. The topological polar surface area (TPSA) is 89.1 Å². The number of piperazine rings is 1. The number of nitro groups is 1. The maximum absolute atomic E-state index is 12.8. The van der Waals surface area contributed by atoms with Gasteiger partial charge in [0.1, 0.15) is 18.1 Å². The third-order valence-corrected chi connectivity index (χ3v) is 6.00. The number of ether oxygens (including phenoxy) is 1. The third-order valence-electron chi connectivity index (χ3n) is 5.63. The molecule has 0 radical (unpaired) electrons. The molecular formula is C24H24ClN3O5. The van der Waals surface area contributed by atoms with Crippen LogP contribution < -0.4 is 4.74 Å². The summed E-state index contributed by atoms with van der Waals surface area (Å²) in [4.78, 5) is 27.4. The molecule has 1 aromatic heterocycles. The number of nitro benzene ring substituents is 1. The molecule has 1 aliphatic rings. The zero-order chi connectivity index (χ0) is 23.4. The van der Waals surface area contributed by atoms with Crippen molar-refractivity contribution in [1.29, 1.82) is 0 Å². The summed E-state index contributed by atoms with van der Waals surface area (Å²) < 4.78 is 11.4. The van der Waals surface area contributed by atoms with Crippen LogP contribution in [0.25, 0.3) is 0 Å². The summed E-state index contributed by atoms with van der Waals surface area (Å²) in [6.45, 7) is 5.26. The number of halogens is 1. The van der Waals surface area contributed by atoms with Gasteiger partial charge in [-0.15, -0.1) is 0 Å². The van der Waals surface area contributed by atoms with Crippen LogP contribution in [-0.4, -0.2) is 46.8 Å². The summed E-state index contributed by atoms with van der Waals surface area (Å²) >= 11 is 6.26. The minimum absolute atomic E-state index is 0.0418. The van der Waals surface area contributed by atoms with Crippen LogP contribution in [0.1, 0.15) is 27.4 Å². The summed E-state index contributed by atoms with van der Waals surface area (Å²) in [5.74, 6) is 1.13. The Kier molecular flexibility index (Phi) is 6.96. The number of hydrogen-bond donors (Lipinski definition) is 0. The molecule has 1 amide bonds. The molecule has 0 N–H and O–H groups in total. The van der Waals surface area contributed by atoms with Gasteiger partial charge in [0.05, 0.1) is 4.92 Å². The molecule has 0 atom stereocenters. The Labute approximate surface area is 196 Å². The first-order chi connectivity index (χ1) is 15.9. The van der Waals surface area contributed by atoms with Crippen molar-refractivity contribution in [2.75, 3.05) is 26.2 Å². The Bertz CT molecular complexity index is 1150. The number of carbonyl (C=O) groups excluding carboxylic acids is 1. The van der Waals surface area contributed by atoms with Gasteiger partial charge in [-0.05, 0) is 42.8 Å². The Balaban J connectivity index is 1.29. The van der Waals surface area contributed by atoms with E-state index in [0.29, 0.717) is 30.2 Å². The van der Waals surface area contributed by atoms with Crippen LogP contribution in [0.4, 0.5) is 5.69 Å². The maximum Gasteiger partial charge on any atom is 0.289 e. The van der Waals surface area contributed by atoms with Crippen molar-refractivity contribution in [3.63, 3.8) is 0 Å². The van der Waals surface area contributed by atoms with Crippen LogP contribution in [0.5, 0.6) is 5.75 Å². The van der Waals surface area contributed by atoms with Crippen LogP contribution in [0.15, 0.2) is 59.0 Å². The number of carbonyl (C=O) groups is 1. The van der Waals surface area contributed by atoms with Crippen molar-refractivity contribution in [2.45, 2.75) is 20.1 Å². The number of nitrogens with zero attached hydrogens (tertiary/aromatic N) is 3. The van der Waals surface area contributed by atoms with E-state index >= 15 is 0 Å². The predicted molar refractivity (Wildman–Crippen MR) is 124 cm³/mol. The van der Waals surface area contributed by atoms with Crippen LogP contribution in [0.3, 0.4) is 0 Å². The maximum atomic E-state index is 12.8. The van der Waals surface area contributed by atoms with E-state index in [0.717, 1.165) is 30.2 Å². The molecule has 33 heavy (non-hydrogen) atoms. The first-order valence-corrected chi connectivity index (χ1v) is 11.0. The minimum Gasteiger partial charge on any atom is -0.486 e. The lowest BCUT2D eigenvalue weighted by molar-refractivity contribution is -0.385. The molecule has 0 unspecified atom stereocenters. The van der Waals surface area contributed by atoms with Gasteiger partial charge in [0.15, 0.2) is 5.76 Å². The number of benzene rings is 2. The Morgan fingerprint density at radius 3 is 2.58 bits per heavy atom. The number of furan rings is 1. The van der Waals surface area contributed by atoms with E-state index < -0.39 is 4.92 Å². The highest BCUT2D eigenvalue weighted by atomic mass is 35.5. The highest BCUT2D eigenvalue weighted by Crippen LogP contribution is 2.24. The fourth-order valence-corrected chi connectivity index (χ4v) is 3.98. The molecule has 172 valence electrons. The molecule has 2 aromatic carbocycles. The first-order valence-electron chi connectivity index (χ1n) is 10.6. The lowest BCUT2D eigenvalue weighted by Crippen LogP contribution is -2.48. The van der Waals surface area contributed by atoms with Gasteiger partial charge in [-0.2, -0.15) is 0 Å². The minimum atomic E-state index is -0.430. The lowest BCUT2D eigenvalue weighted by atomic mass is 10.2. The molecule has 0 spiro atoms. The van der Waals surface area contributed by atoms with E-state index in [1.807, 2.05) is 24.3 Å². The lowest BCUT2D eigenvalue weighted by Gasteiger charge is -2.34. The molecule has 2 heterocycles. The average Bonchev–Trinajstić information content (AvgIpc) is 3.28. The van der Waals surface area contributed by atoms with E-state index in [4.69, 9.17) is 20.8 Å². The van der Waals surface area contributed by atoms with Crippen molar-refractivity contribution in [1.82, 2.24) is 9.80 Å². The number of amides is 1. The number of rotatable bonds is 7. The van der Waals surface area contributed by atoms with Gasteiger partial charge in [0.2, 0.25) is 0 Å². The first kappa shape index (κ1) is 22.8. The summed E-state index contributed by atoms with van der Waals surface area (Å²) in [5.41, 5.74) is 1.64.